The van der Waals surface area contributed by atoms with Gasteiger partial charge in [0, 0.05) is 10.0 Å². The third-order valence-corrected chi connectivity index (χ3v) is 4.65. The summed E-state index contributed by atoms with van der Waals surface area (Å²) in [5.74, 6) is 0.288. The molecule has 0 aromatic heterocycles. The van der Waals surface area contributed by atoms with Crippen LogP contribution in [0.4, 0.5) is 0 Å². The smallest absolute Gasteiger partial charge is 0.273 e. The van der Waals surface area contributed by atoms with Crippen molar-refractivity contribution in [2.45, 2.75) is 39.5 Å². The van der Waals surface area contributed by atoms with Crippen molar-refractivity contribution in [3.8, 4) is 11.5 Å². The van der Waals surface area contributed by atoms with E-state index in [1.165, 1.54) is 12.8 Å². The number of hydrogen-bond acceptors (Lipinski definition) is 4. The van der Waals surface area contributed by atoms with Gasteiger partial charge in [-0.1, -0.05) is 42.1 Å². The number of rotatable bonds is 10. The summed E-state index contributed by atoms with van der Waals surface area (Å²) in [6.45, 7) is 5.10. The van der Waals surface area contributed by atoms with Gasteiger partial charge in [0.1, 0.15) is 11.5 Å². The fourth-order valence-corrected chi connectivity index (χ4v) is 3.00. The fraction of sp³-hybridized carbons (Fsp3) is 0.364. The van der Waals surface area contributed by atoms with Gasteiger partial charge in [0.25, 0.3) is 11.8 Å². The van der Waals surface area contributed by atoms with Crippen LogP contribution in [0.2, 0.25) is 0 Å². The third kappa shape index (κ3) is 7.42. The Kier molecular flexibility index (Phi) is 9.50. The summed E-state index contributed by atoms with van der Waals surface area (Å²) in [7, 11) is 0. The Hall–Kier alpha value is -2.54. The molecule has 0 atom stereocenters. The molecule has 156 valence electrons. The Morgan fingerprint density at radius 3 is 2.31 bits per heavy atom. The van der Waals surface area contributed by atoms with Crippen LogP contribution in [0.3, 0.4) is 0 Å². The Morgan fingerprint density at radius 1 is 0.897 bits per heavy atom. The van der Waals surface area contributed by atoms with Crippen LogP contribution < -0.4 is 20.3 Å². The van der Waals surface area contributed by atoms with Crippen molar-refractivity contribution >= 4 is 27.7 Å². The maximum atomic E-state index is 12.4. The number of amides is 2. The lowest BCUT2D eigenvalue weighted by Crippen LogP contribution is -2.41. The lowest BCUT2D eigenvalue weighted by Gasteiger charge is -2.12. The van der Waals surface area contributed by atoms with Crippen LogP contribution in [0.5, 0.6) is 11.5 Å². The third-order valence-electron chi connectivity index (χ3n) is 4.16. The monoisotopic (exact) mass is 462 g/mol. The second-order valence-corrected chi connectivity index (χ2v) is 7.33. The van der Waals surface area contributed by atoms with Gasteiger partial charge in [-0.15, -0.1) is 0 Å². The van der Waals surface area contributed by atoms with Gasteiger partial charge in [-0.2, -0.15) is 0 Å². The quantitative estimate of drug-likeness (QED) is 0.389. The second kappa shape index (κ2) is 12.1. The van der Waals surface area contributed by atoms with Gasteiger partial charge in [0.15, 0.2) is 0 Å². The van der Waals surface area contributed by atoms with Crippen molar-refractivity contribution in [3.05, 3.63) is 58.1 Å². The summed E-state index contributed by atoms with van der Waals surface area (Å²) in [6, 6.07) is 11.9. The molecule has 0 saturated carbocycles. The minimum Gasteiger partial charge on any atom is -0.494 e. The van der Waals surface area contributed by atoms with E-state index < -0.39 is 11.8 Å². The van der Waals surface area contributed by atoms with E-state index in [-0.39, 0.29) is 0 Å². The van der Waals surface area contributed by atoms with Crippen molar-refractivity contribution in [2.24, 2.45) is 0 Å². The van der Waals surface area contributed by atoms with Gasteiger partial charge in [-0.25, -0.2) is 0 Å². The zero-order valence-electron chi connectivity index (χ0n) is 16.8. The highest BCUT2D eigenvalue weighted by atomic mass is 79.9. The highest BCUT2D eigenvalue weighted by Crippen LogP contribution is 2.23. The van der Waals surface area contributed by atoms with Gasteiger partial charge in [0.05, 0.1) is 18.8 Å². The number of nitrogens with one attached hydrogen (secondary N) is 2. The predicted octanol–water partition coefficient (Wildman–Crippen LogP) is 4.88. The minimum atomic E-state index is -0.463. The molecule has 29 heavy (non-hydrogen) atoms. The van der Waals surface area contributed by atoms with Crippen LogP contribution >= 0.6 is 15.9 Å². The zero-order valence-corrected chi connectivity index (χ0v) is 18.4. The molecule has 0 heterocycles. The molecular weight excluding hydrogens is 436 g/mol. The standard InChI is InChI=1S/C22H27BrN2O4/c1-3-5-6-7-14-29-18-11-8-16(9-12-18)21(26)24-25-22(27)19-15-17(23)10-13-20(19)28-4-2/h8-13,15H,3-7,14H2,1-2H3,(H,24,26)(H,25,27). The maximum Gasteiger partial charge on any atom is 0.273 e. The van der Waals surface area contributed by atoms with E-state index in [0.717, 1.165) is 23.1 Å². The van der Waals surface area contributed by atoms with Gasteiger partial charge in [-0.3, -0.25) is 20.4 Å². The number of halogens is 1. The predicted molar refractivity (Wildman–Crippen MR) is 116 cm³/mol. The van der Waals surface area contributed by atoms with E-state index in [9.17, 15) is 9.59 Å². The fourth-order valence-electron chi connectivity index (χ4n) is 2.64. The Morgan fingerprint density at radius 2 is 1.62 bits per heavy atom. The van der Waals surface area contributed by atoms with Gasteiger partial charge in [-0.05, 0) is 55.8 Å². The first-order valence-corrected chi connectivity index (χ1v) is 10.6. The van der Waals surface area contributed by atoms with Crippen molar-refractivity contribution < 1.29 is 19.1 Å². The van der Waals surface area contributed by atoms with Gasteiger partial charge < -0.3 is 9.47 Å². The summed E-state index contributed by atoms with van der Waals surface area (Å²) in [5, 5.41) is 0. The van der Waals surface area contributed by atoms with Crippen LogP contribution in [0.15, 0.2) is 46.9 Å². The first-order valence-electron chi connectivity index (χ1n) is 9.81. The average molecular weight is 463 g/mol. The SMILES string of the molecule is CCCCCCOc1ccc(C(=O)NNC(=O)c2cc(Br)ccc2OCC)cc1. The molecule has 0 fully saturated rings. The first-order chi connectivity index (χ1) is 14.0. The highest BCUT2D eigenvalue weighted by molar-refractivity contribution is 9.10. The normalized spacial score (nSPS) is 10.3. The van der Waals surface area contributed by atoms with E-state index in [4.69, 9.17) is 9.47 Å². The first kappa shape index (κ1) is 22.7. The summed E-state index contributed by atoms with van der Waals surface area (Å²) >= 11 is 3.33. The number of ether oxygens (including phenoxy) is 2. The van der Waals surface area contributed by atoms with E-state index in [2.05, 4.69) is 33.7 Å². The second-order valence-electron chi connectivity index (χ2n) is 6.42. The van der Waals surface area contributed by atoms with Crippen molar-refractivity contribution in [1.82, 2.24) is 10.9 Å². The molecule has 2 rings (SSSR count). The molecule has 7 heteroatoms. The van der Waals surface area contributed by atoms with E-state index in [1.807, 2.05) is 6.92 Å². The van der Waals surface area contributed by atoms with E-state index >= 15 is 0 Å². The number of benzene rings is 2. The molecular formula is C22H27BrN2O4. The van der Waals surface area contributed by atoms with Gasteiger partial charge >= 0.3 is 0 Å². The molecule has 0 bridgehead atoms. The molecule has 0 aliphatic rings. The number of hydrazine groups is 1. The molecule has 0 aliphatic carbocycles. The number of carbonyl (C=O) groups is 2. The molecule has 2 aromatic rings. The van der Waals surface area contributed by atoms with E-state index in [1.54, 1.807) is 42.5 Å². The van der Waals surface area contributed by atoms with Crippen LogP contribution in [0.25, 0.3) is 0 Å². The largest absolute Gasteiger partial charge is 0.494 e. The lowest BCUT2D eigenvalue weighted by molar-refractivity contribution is 0.0844. The molecule has 0 radical (unpaired) electrons. The van der Waals surface area contributed by atoms with Crippen molar-refractivity contribution in [2.75, 3.05) is 13.2 Å². The molecule has 0 saturated heterocycles. The van der Waals surface area contributed by atoms with Crippen molar-refractivity contribution in [3.63, 3.8) is 0 Å². The van der Waals surface area contributed by atoms with E-state index in [0.29, 0.717) is 30.1 Å². The van der Waals surface area contributed by atoms with Crippen LogP contribution in [-0.2, 0) is 0 Å². The Balaban J connectivity index is 1.87. The molecule has 6 nitrogen and oxygen atoms in total. The number of hydrogen-bond donors (Lipinski definition) is 2. The molecule has 2 amide bonds. The van der Waals surface area contributed by atoms with Crippen LogP contribution in [0.1, 0.15) is 60.2 Å². The number of carbonyl (C=O) groups excluding carboxylic acids is 2. The zero-order chi connectivity index (χ0) is 21.1. The molecule has 0 spiro atoms. The Labute approximate surface area is 180 Å². The summed E-state index contributed by atoms with van der Waals surface area (Å²) in [6.07, 6.45) is 4.57. The van der Waals surface area contributed by atoms with Gasteiger partial charge in [0.2, 0.25) is 0 Å². The summed E-state index contributed by atoms with van der Waals surface area (Å²) in [4.78, 5) is 24.7. The van der Waals surface area contributed by atoms with Crippen molar-refractivity contribution in [1.29, 1.82) is 0 Å². The number of unbranched alkanes of at least 4 members (excludes halogenated alkanes) is 3. The average Bonchev–Trinajstić information content (AvgIpc) is 2.73. The summed E-state index contributed by atoms with van der Waals surface area (Å²) < 4.78 is 11.9. The lowest BCUT2D eigenvalue weighted by atomic mass is 10.2. The molecule has 2 aromatic carbocycles. The molecule has 0 aliphatic heterocycles. The molecule has 2 N–H and O–H groups in total. The van der Waals surface area contributed by atoms with Crippen LogP contribution in [0, 0.1) is 0 Å². The van der Waals surface area contributed by atoms with Crippen LogP contribution in [-0.4, -0.2) is 25.0 Å². The summed E-state index contributed by atoms with van der Waals surface area (Å²) in [5.41, 5.74) is 5.59. The minimum absolute atomic E-state index is 0.327. The Bertz CT molecular complexity index is 809. The maximum absolute atomic E-state index is 12.4. The molecule has 0 unspecified atom stereocenters. The highest BCUT2D eigenvalue weighted by Gasteiger charge is 2.14. The topological polar surface area (TPSA) is 76.7 Å².